The molecule has 0 aliphatic rings. The molecule has 0 saturated carbocycles. The molecule has 2 heterocycles. The number of aryl methyl sites for hydroxylation is 1. The number of H-pyrrole nitrogens is 1. The third-order valence-electron chi connectivity index (χ3n) is 4.32. The van der Waals surface area contributed by atoms with Crippen LogP contribution in [-0.4, -0.2) is 28.3 Å². The van der Waals surface area contributed by atoms with Crippen LogP contribution in [0.15, 0.2) is 63.4 Å². The molecule has 0 saturated heterocycles. The molecule has 0 fully saturated rings. The van der Waals surface area contributed by atoms with Gasteiger partial charge in [0.2, 0.25) is 9.84 Å². The van der Waals surface area contributed by atoms with Crippen LogP contribution in [0, 0.1) is 17.0 Å². The summed E-state index contributed by atoms with van der Waals surface area (Å²) in [5.74, 6) is 0.269. The van der Waals surface area contributed by atoms with Gasteiger partial charge < -0.3 is 4.98 Å². The average molecular weight is 396 g/mol. The minimum atomic E-state index is -4.28. The molecule has 0 radical (unpaired) electrons. The number of nitro benzene ring substituents is 1. The topological polar surface area (TPSA) is 136 Å². The lowest BCUT2D eigenvalue weighted by atomic mass is 10.2. The molecule has 0 atom stereocenters. The van der Waals surface area contributed by atoms with E-state index in [1.165, 1.54) is 37.5 Å². The maximum atomic E-state index is 13.3. The molecular formula is C18H12N4O5S. The van der Waals surface area contributed by atoms with Crippen molar-refractivity contribution in [3.05, 3.63) is 75.1 Å². The Hall–Kier alpha value is -3.66. The highest BCUT2D eigenvalue weighted by Crippen LogP contribution is 2.34. The lowest BCUT2D eigenvalue weighted by Crippen LogP contribution is -2.12. The molecule has 140 valence electrons. The Morgan fingerprint density at radius 1 is 1.11 bits per heavy atom. The van der Waals surface area contributed by atoms with Crippen molar-refractivity contribution < 1.29 is 13.3 Å². The predicted molar refractivity (Wildman–Crippen MR) is 101 cm³/mol. The summed E-state index contributed by atoms with van der Waals surface area (Å²) in [6.07, 6.45) is 2.95. The number of sulfone groups is 1. The smallest absolute Gasteiger partial charge is 0.289 e. The fourth-order valence-electron chi connectivity index (χ4n) is 3.08. The van der Waals surface area contributed by atoms with Crippen molar-refractivity contribution in [3.63, 3.8) is 0 Å². The SMILES string of the molecule is Cc1nc2cc(S(=O)(=O)c3cccc4cnccc34)c([N+](=O)[O-])cc2c(=O)[nH]1. The van der Waals surface area contributed by atoms with Gasteiger partial charge in [-0.1, -0.05) is 12.1 Å². The van der Waals surface area contributed by atoms with Gasteiger partial charge in [-0.2, -0.15) is 0 Å². The number of nitro groups is 1. The molecule has 28 heavy (non-hydrogen) atoms. The van der Waals surface area contributed by atoms with E-state index >= 15 is 0 Å². The van der Waals surface area contributed by atoms with Crippen LogP contribution >= 0.6 is 0 Å². The minimum absolute atomic E-state index is 0.0571. The van der Waals surface area contributed by atoms with Crippen molar-refractivity contribution in [3.8, 4) is 0 Å². The molecule has 0 amide bonds. The summed E-state index contributed by atoms with van der Waals surface area (Å²) in [5, 5.41) is 12.5. The second-order valence-corrected chi connectivity index (χ2v) is 7.99. The normalized spacial score (nSPS) is 11.8. The van der Waals surface area contributed by atoms with Crippen LogP contribution in [0.4, 0.5) is 5.69 Å². The van der Waals surface area contributed by atoms with Gasteiger partial charge >= 0.3 is 0 Å². The van der Waals surface area contributed by atoms with Crippen molar-refractivity contribution >= 4 is 37.2 Å². The van der Waals surface area contributed by atoms with Gasteiger partial charge in [0.05, 0.1) is 20.7 Å². The molecule has 1 N–H and O–H groups in total. The predicted octanol–water partition coefficient (Wildman–Crippen LogP) is 2.52. The van der Waals surface area contributed by atoms with Crippen LogP contribution in [0.2, 0.25) is 0 Å². The highest BCUT2D eigenvalue weighted by atomic mass is 32.2. The maximum Gasteiger partial charge on any atom is 0.289 e. The molecule has 0 spiro atoms. The van der Waals surface area contributed by atoms with Crippen LogP contribution in [0.5, 0.6) is 0 Å². The van der Waals surface area contributed by atoms with E-state index in [1.54, 1.807) is 6.07 Å². The number of hydrogen-bond acceptors (Lipinski definition) is 7. The minimum Gasteiger partial charge on any atom is -0.310 e. The van der Waals surface area contributed by atoms with Gasteiger partial charge in [0.1, 0.15) is 5.82 Å². The van der Waals surface area contributed by atoms with Gasteiger partial charge in [-0.05, 0) is 25.1 Å². The lowest BCUT2D eigenvalue weighted by Gasteiger charge is -2.09. The highest BCUT2D eigenvalue weighted by molar-refractivity contribution is 7.92. The summed E-state index contributed by atoms with van der Waals surface area (Å²) < 4.78 is 26.7. The first kappa shape index (κ1) is 17.7. The monoisotopic (exact) mass is 396 g/mol. The number of pyridine rings is 1. The van der Waals surface area contributed by atoms with E-state index in [4.69, 9.17) is 0 Å². The van der Waals surface area contributed by atoms with E-state index in [2.05, 4.69) is 15.0 Å². The Labute approximate surface area is 157 Å². The Bertz CT molecular complexity index is 1440. The van der Waals surface area contributed by atoms with E-state index in [1.807, 2.05) is 0 Å². The Kier molecular flexibility index (Phi) is 3.93. The van der Waals surface area contributed by atoms with Crippen molar-refractivity contribution in [2.75, 3.05) is 0 Å². The zero-order chi connectivity index (χ0) is 20.1. The summed E-state index contributed by atoms with van der Waals surface area (Å²) >= 11 is 0. The van der Waals surface area contributed by atoms with E-state index in [9.17, 15) is 23.3 Å². The van der Waals surface area contributed by atoms with Gasteiger partial charge in [-0.25, -0.2) is 13.4 Å². The quantitative estimate of drug-likeness (QED) is 0.415. The number of nitrogens with zero attached hydrogens (tertiary/aromatic N) is 3. The van der Waals surface area contributed by atoms with Crippen molar-refractivity contribution in [1.29, 1.82) is 0 Å². The number of aromatic nitrogens is 3. The van der Waals surface area contributed by atoms with Crippen LogP contribution in [0.3, 0.4) is 0 Å². The molecule has 10 heteroatoms. The molecular weight excluding hydrogens is 384 g/mol. The number of nitrogens with one attached hydrogen (secondary N) is 1. The van der Waals surface area contributed by atoms with Crippen molar-refractivity contribution in [2.45, 2.75) is 16.7 Å². The highest BCUT2D eigenvalue weighted by Gasteiger charge is 2.30. The van der Waals surface area contributed by atoms with Gasteiger partial charge in [0.25, 0.3) is 11.2 Å². The summed E-state index contributed by atoms with van der Waals surface area (Å²) in [6, 6.07) is 8.16. The lowest BCUT2D eigenvalue weighted by molar-refractivity contribution is -0.387. The van der Waals surface area contributed by atoms with Gasteiger partial charge in [-0.3, -0.25) is 19.9 Å². The van der Waals surface area contributed by atoms with Crippen molar-refractivity contribution in [1.82, 2.24) is 15.0 Å². The zero-order valence-electron chi connectivity index (χ0n) is 14.4. The first-order valence-corrected chi connectivity index (χ1v) is 9.54. The Balaban J connectivity index is 2.10. The van der Waals surface area contributed by atoms with Gasteiger partial charge in [-0.15, -0.1) is 0 Å². The third-order valence-corrected chi connectivity index (χ3v) is 6.16. The summed E-state index contributed by atoms with van der Waals surface area (Å²) in [6.45, 7) is 1.54. The van der Waals surface area contributed by atoms with E-state index < -0.39 is 30.9 Å². The molecule has 0 bridgehead atoms. The number of rotatable bonds is 3. The number of fused-ring (bicyclic) bond motifs is 2. The molecule has 9 nitrogen and oxygen atoms in total. The molecule has 0 aliphatic heterocycles. The van der Waals surface area contributed by atoms with Gasteiger partial charge in [0.15, 0.2) is 4.90 Å². The molecule has 4 aromatic rings. The van der Waals surface area contributed by atoms with Crippen LogP contribution in [-0.2, 0) is 9.84 Å². The zero-order valence-corrected chi connectivity index (χ0v) is 15.2. The molecule has 0 unspecified atom stereocenters. The summed E-state index contributed by atoms with van der Waals surface area (Å²) in [7, 11) is -4.28. The first-order valence-electron chi connectivity index (χ1n) is 8.06. The third kappa shape index (κ3) is 2.70. The Morgan fingerprint density at radius 3 is 2.64 bits per heavy atom. The number of hydrogen-bond donors (Lipinski definition) is 1. The fraction of sp³-hybridized carbons (Fsp3) is 0.0556. The largest absolute Gasteiger partial charge is 0.310 e. The number of aromatic amines is 1. The van der Waals surface area contributed by atoms with E-state index in [0.29, 0.717) is 10.8 Å². The molecule has 4 rings (SSSR count). The van der Waals surface area contributed by atoms with E-state index in [-0.39, 0.29) is 21.6 Å². The Morgan fingerprint density at radius 2 is 1.89 bits per heavy atom. The molecule has 2 aromatic carbocycles. The average Bonchev–Trinajstić information content (AvgIpc) is 2.66. The van der Waals surface area contributed by atoms with E-state index in [0.717, 1.165) is 12.1 Å². The number of benzene rings is 2. The summed E-state index contributed by atoms with van der Waals surface area (Å²) in [5.41, 5.74) is -1.20. The first-order chi connectivity index (χ1) is 13.3. The molecule has 0 aliphatic carbocycles. The van der Waals surface area contributed by atoms with Crippen molar-refractivity contribution in [2.24, 2.45) is 0 Å². The molecule has 2 aromatic heterocycles. The van der Waals surface area contributed by atoms with Crippen LogP contribution < -0.4 is 5.56 Å². The fourth-order valence-corrected chi connectivity index (χ4v) is 4.72. The van der Waals surface area contributed by atoms with Crippen LogP contribution in [0.1, 0.15) is 5.82 Å². The van der Waals surface area contributed by atoms with Crippen LogP contribution in [0.25, 0.3) is 21.7 Å². The second kappa shape index (κ2) is 6.20. The second-order valence-electron chi connectivity index (χ2n) is 6.10. The van der Waals surface area contributed by atoms with Gasteiger partial charge in [0, 0.05) is 29.2 Å². The maximum absolute atomic E-state index is 13.3. The summed E-state index contributed by atoms with van der Waals surface area (Å²) in [4.78, 5) is 32.8. The standard InChI is InChI=1S/C18H12N4O5S/c1-10-20-14-8-17(15(22(24)25)7-13(14)18(23)21-10)28(26,27)16-4-2-3-11-9-19-6-5-12(11)16/h2-9H,1H3,(H,20,21,23).